The van der Waals surface area contributed by atoms with E-state index in [2.05, 4.69) is 11.9 Å². The first-order valence-electron chi connectivity index (χ1n) is 4.92. The van der Waals surface area contributed by atoms with E-state index < -0.39 is 0 Å². The SMILES string of the molecule is C=C(C(=O)NC)c1ccc(N)cc1.CC. The Morgan fingerprint density at radius 3 is 2.13 bits per heavy atom. The van der Waals surface area contributed by atoms with Crippen molar-refractivity contribution in [3.05, 3.63) is 36.4 Å². The highest BCUT2D eigenvalue weighted by Crippen LogP contribution is 2.13. The van der Waals surface area contributed by atoms with Gasteiger partial charge in [0, 0.05) is 18.3 Å². The Labute approximate surface area is 91.0 Å². The minimum atomic E-state index is -0.176. The molecule has 1 amide bonds. The molecule has 0 aromatic heterocycles. The molecule has 1 aromatic rings. The molecule has 82 valence electrons. The van der Waals surface area contributed by atoms with Crippen LogP contribution in [0.3, 0.4) is 0 Å². The van der Waals surface area contributed by atoms with Gasteiger partial charge in [0.25, 0.3) is 5.91 Å². The maximum atomic E-state index is 11.2. The molecule has 1 aromatic carbocycles. The average Bonchev–Trinajstić information content (AvgIpc) is 2.31. The van der Waals surface area contributed by atoms with Crippen molar-refractivity contribution in [1.82, 2.24) is 5.32 Å². The van der Waals surface area contributed by atoms with Crippen molar-refractivity contribution in [2.75, 3.05) is 12.8 Å². The van der Waals surface area contributed by atoms with E-state index in [1.54, 1.807) is 31.3 Å². The van der Waals surface area contributed by atoms with Crippen LogP contribution in [0.4, 0.5) is 5.69 Å². The van der Waals surface area contributed by atoms with Gasteiger partial charge in [0.2, 0.25) is 0 Å². The van der Waals surface area contributed by atoms with Gasteiger partial charge in [0.15, 0.2) is 0 Å². The Hall–Kier alpha value is -1.77. The molecule has 0 aliphatic rings. The molecular formula is C12H18N2O. The van der Waals surface area contributed by atoms with Gasteiger partial charge in [-0.25, -0.2) is 0 Å². The molecule has 0 fully saturated rings. The van der Waals surface area contributed by atoms with Crippen LogP contribution in [0.1, 0.15) is 19.4 Å². The normalized spacial score (nSPS) is 8.47. The van der Waals surface area contributed by atoms with E-state index in [9.17, 15) is 4.79 Å². The van der Waals surface area contributed by atoms with Gasteiger partial charge in [0.1, 0.15) is 0 Å². The lowest BCUT2D eigenvalue weighted by Gasteiger charge is -2.03. The van der Waals surface area contributed by atoms with Crippen LogP contribution < -0.4 is 11.1 Å². The predicted octanol–water partition coefficient (Wildman–Crippen LogP) is 2.05. The molecule has 0 atom stereocenters. The number of nitrogens with one attached hydrogen (secondary N) is 1. The molecule has 3 N–H and O–H groups in total. The average molecular weight is 206 g/mol. The highest BCUT2D eigenvalue weighted by atomic mass is 16.1. The van der Waals surface area contributed by atoms with Crippen LogP contribution in [-0.2, 0) is 4.79 Å². The topological polar surface area (TPSA) is 55.1 Å². The molecular weight excluding hydrogens is 188 g/mol. The summed E-state index contributed by atoms with van der Waals surface area (Å²) in [6, 6.07) is 7.02. The maximum absolute atomic E-state index is 11.2. The minimum absolute atomic E-state index is 0.176. The fraction of sp³-hybridized carbons (Fsp3) is 0.250. The van der Waals surface area contributed by atoms with Gasteiger partial charge < -0.3 is 11.1 Å². The summed E-state index contributed by atoms with van der Waals surface area (Å²) >= 11 is 0. The summed E-state index contributed by atoms with van der Waals surface area (Å²) in [6.07, 6.45) is 0. The first-order chi connectivity index (χ1) is 7.15. The zero-order chi connectivity index (χ0) is 11.8. The first-order valence-corrected chi connectivity index (χ1v) is 4.92. The lowest BCUT2D eigenvalue weighted by molar-refractivity contribution is -0.115. The summed E-state index contributed by atoms with van der Waals surface area (Å²) in [7, 11) is 1.57. The van der Waals surface area contributed by atoms with Crippen LogP contribution in [0, 0.1) is 0 Å². The maximum Gasteiger partial charge on any atom is 0.251 e. The van der Waals surface area contributed by atoms with Gasteiger partial charge in [-0.15, -0.1) is 0 Å². The Bertz CT molecular complexity index is 328. The van der Waals surface area contributed by atoms with E-state index in [0.29, 0.717) is 11.3 Å². The second kappa shape index (κ2) is 6.65. The predicted molar refractivity (Wildman–Crippen MR) is 65.3 cm³/mol. The van der Waals surface area contributed by atoms with Crippen LogP contribution >= 0.6 is 0 Å². The Balaban J connectivity index is 0.000000921. The van der Waals surface area contributed by atoms with Crippen molar-refractivity contribution < 1.29 is 4.79 Å². The molecule has 0 saturated heterocycles. The van der Waals surface area contributed by atoms with E-state index in [0.717, 1.165) is 5.56 Å². The van der Waals surface area contributed by atoms with E-state index in [1.165, 1.54) is 0 Å². The van der Waals surface area contributed by atoms with E-state index >= 15 is 0 Å². The first kappa shape index (κ1) is 13.2. The fourth-order valence-electron chi connectivity index (χ4n) is 0.966. The number of amides is 1. The molecule has 0 aliphatic heterocycles. The van der Waals surface area contributed by atoms with Gasteiger partial charge in [0.05, 0.1) is 0 Å². The van der Waals surface area contributed by atoms with Crippen LogP contribution in [0.15, 0.2) is 30.8 Å². The number of anilines is 1. The Morgan fingerprint density at radius 1 is 1.27 bits per heavy atom. The fourth-order valence-corrected chi connectivity index (χ4v) is 0.966. The summed E-state index contributed by atoms with van der Waals surface area (Å²) < 4.78 is 0. The molecule has 0 saturated carbocycles. The monoisotopic (exact) mass is 206 g/mol. The smallest absolute Gasteiger partial charge is 0.251 e. The molecule has 0 unspecified atom stereocenters. The molecule has 15 heavy (non-hydrogen) atoms. The quantitative estimate of drug-likeness (QED) is 0.575. The molecule has 0 aliphatic carbocycles. The van der Waals surface area contributed by atoms with Crippen LogP contribution in [0.2, 0.25) is 0 Å². The van der Waals surface area contributed by atoms with Crippen molar-refractivity contribution in [3.8, 4) is 0 Å². The molecule has 0 radical (unpaired) electrons. The zero-order valence-electron chi connectivity index (χ0n) is 9.50. The van der Waals surface area contributed by atoms with Crippen LogP contribution in [-0.4, -0.2) is 13.0 Å². The second-order valence-corrected chi connectivity index (χ2v) is 2.68. The second-order valence-electron chi connectivity index (χ2n) is 2.68. The number of benzene rings is 1. The third-order valence-electron chi connectivity index (χ3n) is 1.76. The Kier molecular flexibility index (Phi) is 5.86. The minimum Gasteiger partial charge on any atom is -0.399 e. The summed E-state index contributed by atoms with van der Waals surface area (Å²) in [5.74, 6) is -0.176. The molecule has 0 spiro atoms. The lowest BCUT2D eigenvalue weighted by Crippen LogP contribution is -2.18. The number of likely N-dealkylation sites (N-methyl/N-ethyl adjacent to an activating group) is 1. The number of nitrogens with two attached hydrogens (primary N) is 1. The molecule has 1 rings (SSSR count). The standard InChI is InChI=1S/C10H12N2O.C2H6/c1-7(10(13)12-2)8-3-5-9(11)6-4-8;1-2/h3-6H,1,11H2,2H3,(H,12,13);1-2H3. The highest BCUT2D eigenvalue weighted by Gasteiger charge is 2.05. The zero-order valence-corrected chi connectivity index (χ0v) is 9.50. The number of nitrogen functional groups attached to an aromatic ring is 1. The van der Waals surface area contributed by atoms with E-state index in [4.69, 9.17) is 5.73 Å². The molecule has 0 bridgehead atoms. The van der Waals surface area contributed by atoms with Gasteiger partial charge in [-0.2, -0.15) is 0 Å². The number of hydrogen-bond acceptors (Lipinski definition) is 2. The van der Waals surface area contributed by atoms with Crippen LogP contribution in [0.25, 0.3) is 5.57 Å². The van der Waals surface area contributed by atoms with Crippen molar-refractivity contribution in [2.24, 2.45) is 0 Å². The Morgan fingerprint density at radius 2 is 1.73 bits per heavy atom. The largest absolute Gasteiger partial charge is 0.399 e. The number of hydrogen-bond donors (Lipinski definition) is 2. The summed E-state index contributed by atoms with van der Waals surface area (Å²) in [6.45, 7) is 7.67. The van der Waals surface area contributed by atoms with Gasteiger partial charge in [-0.05, 0) is 17.7 Å². The van der Waals surface area contributed by atoms with Crippen molar-refractivity contribution in [3.63, 3.8) is 0 Å². The van der Waals surface area contributed by atoms with Crippen molar-refractivity contribution in [2.45, 2.75) is 13.8 Å². The number of carbonyl (C=O) groups is 1. The van der Waals surface area contributed by atoms with E-state index in [-0.39, 0.29) is 5.91 Å². The molecule has 3 heteroatoms. The van der Waals surface area contributed by atoms with E-state index in [1.807, 2.05) is 13.8 Å². The van der Waals surface area contributed by atoms with Gasteiger partial charge >= 0.3 is 0 Å². The molecule has 3 nitrogen and oxygen atoms in total. The summed E-state index contributed by atoms with van der Waals surface area (Å²) in [5, 5.41) is 2.51. The third-order valence-corrected chi connectivity index (χ3v) is 1.76. The summed E-state index contributed by atoms with van der Waals surface area (Å²) in [5.41, 5.74) is 7.41. The van der Waals surface area contributed by atoms with Crippen molar-refractivity contribution in [1.29, 1.82) is 0 Å². The third kappa shape index (κ3) is 3.85. The molecule has 0 heterocycles. The highest BCUT2D eigenvalue weighted by molar-refractivity contribution is 6.18. The lowest BCUT2D eigenvalue weighted by atomic mass is 10.1. The van der Waals surface area contributed by atoms with Gasteiger partial charge in [-0.3, -0.25) is 4.79 Å². The van der Waals surface area contributed by atoms with Gasteiger partial charge in [-0.1, -0.05) is 32.6 Å². The van der Waals surface area contributed by atoms with Crippen molar-refractivity contribution >= 4 is 17.2 Å². The number of carbonyl (C=O) groups excluding carboxylic acids is 1. The summed E-state index contributed by atoms with van der Waals surface area (Å²) in [4.78, 5) is 11.2. The number of rotatable bonds is 2. The van der Waals surface area contributed by atoms with Crippen LogP contribution in [0.5, 0.6) is 0 Å².